The molecule has 1 aliphatic rings. The first-order valence-electron chi connectivity index (χ1n) is 5.88. The second-order valence-corrected chi connectivity index (χ2v) is 5.02. The highest BCUT2D eigenvalue weighted by molar-refractivity contribution is 6.18. The number of halogens is 2. The Hall–Kier alpha value is -1.22. The number of nitrogens with two attached hydrogens (primary N) is 1. The van der Waals surface area contributed by atoms with Crippen molar-refractivity contribution in [2.75, 3.05) is 18.2 Å². The normalized spacial score (nSPS) is 33.5. The summed E-state index contributed by atoms with van der Waals surface area (Å²) in [7, 11) is 0. The fourth-order valence-corrected chi connectivity index (χ4v) is 2.38. The molecule has 20 heavy (non-hydrogen) atoms. The zero-order valence-electron chi connectivity index (χ0n) is 10.7. The summed E-state index contributed by atoms with van der Waals surface area (Å²) < 4.78 is 20.4. The first kappa shape index (κ1) is 15.2. The van der Waals surface area contributed by atoms with Gasteiger partial charge < -0.3 is 20.7 Å². The zero-order chi connectivity index (χ0) is 15.1. The summed E-state index contributed by atoms with van der Waals surface area (Å²) in [6.45, 7) is 0.919. The van der Waals surface area contributed by atoms with Crippen LogP contribution >= 0.6 is 11.6 Å². The minimum atomic E-state index is -1.93. The van der Waals surface area contributed by atoms with Gasteiger partial charge in [0.1, 0.15) is 17.5 Å². The second kappa shape index (κ2) is 5.28. The van der Waals surface area contributed by atoms with Gasteiger partial charge in [0.05, 0.1) is 12.5 Å². The van der Waals surface area contributed by atoms with Crippen LogP contribution in [0.25, 0.3) is 0 Å². The van der Waals surface area contributed by atoms with Crippen molar-refractivity contribution in [3.8, 4) is 0 Å². The van der Waals surface area contributed by atoms with E-state index in [4.69, 9.17) is 22.1 Å². The van der Waals surface area contributed by atoms with Crippen LogP contribution in [0.1, 0.15) is 11.8 Å². The average molecular weight is 308 g/mol. The predicted octanol–water partition coefficient (Wildman–Crippen LogP) is -0.668. The summed E-state index contributed by atoms with van der Waals surface area (Å²) in [5.41, 5.74) is 3.49. The lowest BCUT2D eigenvalue weighted by atomic mass is 9.99. The van der Waals surface area contributed by atoms with E-state index in [-0.39, 0.29) is 11.7 Å². The molecule has 4 N–H and O–H groups in total. The highest BCUT2D eigenvalue weighted by atomic mass is 35.5. The number of aryl methyl sites for hydroxylation is 1. The molecule has 1 aromatic heterocycles. The van der Waals surface area contributed by atoms with E-state index >= 15 is 0 Å². The van der Waals surface area contributed by atoms with E-state index in [1.165, 1.54) is 6.20 Å². The molecule has 112 valence electrons. The number of aliphatic hydroxyl groups excluding tert-OH is 2. The summed E-state index contributed by atoms with van der Waals surface area (Å²) in [6, 6.07) is 0. The molecule has 0 unspecified atom stereocenters. The fourth-order valence-electron chi connectivity index (χ4n) is 2.08. The molecule has 1 aliphatic heterocycles. The van der Waals surface area contributed by atoms with Gasteiger partial charge in [0.25, 0.3) is 0 Å². The molecule has 0 spiro atoms. The van der Waals surface area contributed by atoms with Gasteiger partial charge in [-0.3, -0.25) is 4.57 Å². The number of nitrogens with zero attached hydrogens (tertiary/aromatic N) is 2. The molecular weight excluding hydrogens is 293 g/mol. The van der Waals surface area contributed by atoms with Gasteiger partial charge >= 0.3 is 5.69 Å². The number of alkyl halides is 2. The van der Waals surface area contributed by atoms with E-state index < -0.39 is 36.4 Å². The molecule has 0 radical (unpaired) electrons. The topological polar surface area (TPSA) is 111 Å². The van der Waals surface area contributed by atoms with Crippen LogP contribution in [-0.4, -0.2) is 50.1 Å². The van der Waals surface area contributed by atoms with Gasteiger partial charge in [-0.25, -0.2) is 9.18 Å². The van der Waals surface area contributed by atoms with E-state index in [0.717, 1.165) is 4.57 Å². The number of nitrogen functional groups attached to an aromatic ring is 1. The van der Waals surface area contributed by atoms with E-state index in [2.05, 4.69) is 4.98 Å². The van der Waals surface area contributed by atoms with Crippen LogP contribution < -0.4 is 11.4 Å². The number of hydrogen-bond acceptors (Lipinski definition) is 6. The number of anilines is 1. The van der Waals surface area contributed by atoms with Crippen LogP contribution in [0.3, 0.4) is 0 Å². The van der Waals surface area contributed by atoms with Gasteiger partial charge in [0.2, 0.25) is 0 Å². The summed E-state index contributed by atoms with van der Waals surface area (Å²) in [5, 5.41) is 19.1. The minimum absolute atomic E-state index is 0.0333. The monoisotopic (exact) mass is 307 g/mol. The average Bonchev–Trinajstić information content (AvgIpc) is 2.68. The highest BCUT2D eigenvalue weighted by Gasteiger charge is 2.55. The summed E-state index contributed by atoms with van der Waals surface area (Å²) in [4.78, 5) is 15.3. The molecule has 1 fully saturated rings. The van der Waals surface area contributed by atoms with Crippen molar-refractivity contribution in [2.24, 2.45) is 0 Å². The van der Waals surface area contributed by atoms with Gasteiger partial charge in [-0.15, -0.1) is 11.6 Å². The fraction of sp³-hybridized carbons (Fsp3) is 0.636. The van der Waals surface area contributed by atoms with Crippen molar-refractivity contribution in [1.82, 2.24) is 9.55 Å². The molecule has 2 rings (SSSR count). The third kappa shape index (κ3) is 2.18. The molecule has 1 aromatic rings. The smallest absolute Gasteiger partial charge is 0.351 e. The predicted molar refractivity (Wildman–Crippen MR) is 69.2 cm³/mol. The number of aromatic nitrogens is 2. The maximum Gasteiger partial charge on any atom is 0.351 e. The largest absolute Gasteiger partial charge is 0.393 e. The van der Waals surface area contributed by atoms with E-state index in [0.29, 0.717) is 5.56 Å². The van der Waals surface area contributed by atoms with E-state index in [9.17, 15) is 19.4 Å². The lowest BCUT2D eigenvalue weighted by Gasteiger charge is -2.26. The lowest BCUT2D eigenvalue weighted by Crippen LogP contribution is -2.47. The molecule has 2 heterocycles. The Balaban J connectivity index is 2.45. The van der Waals surface area contributed by atoms with Gasteiger partial charge in [0.15, 0.2) is 12.4 Å². The summed E-state index contributed by atoms with van der Waals surface area (Å²) in [6.07, 6.45) is -3.71. The summed E-state index contributed by atoms with van der Waals surface area (Å²) >= 11 is 5.64. The first-order chi connectivity index (χ1) is 9.36. The van der Waals surface area contributed by atoms with Crippen LogP contribution in [0.2, 0.25) is 0 Å². The summed E-state index contributed by atoms with van der Waals surface area (Å²) in [5.74, 6) is -0.288. The van der Waals surface area contributed by atoms with Crippen molar-refractivity contribution < 1.29 is 19.3 Å². The Morgan fingerprint density at radius 1 is 1.70 bits per heavy atom. The van der Waals surface area contributed by atoms with Gasteiger partial charge in [0, 0.05) is 11.8 Å². The molecule has 7 nitrogen and oxygen atoms in total. The van der Waals surface area contributed by atoms with Crippen molar-refractivity contribution in [2.45, 2.75) is 31.0 Å². The highest BCUT2D eigenvalue weighted by Crippen LogP contribution is 2.39. The standard InChI is InChI=1S/C11H15ClFN3O4/c1-5-2-16(10(19)15-8(5)14)9-6(13)7(18)11(3-12,4-17)20-9/h2,6-7,9,17-18H,3-4H2,1H3,(H2,14,15,19)/t6-,7+,9-,11-/m1/s1. The third-order valence-corrected chi connectivity index (χ3v) is 3.86. The van der Waals surface area contributed by atoms with Crippen molar-refractivity contribution >= 4 is 17.4 Å². The molecule has 0 aliphatic carbocycles. The Bertz CT molecular complexity index is 563. The van der Waals surface area contributed by atoms with Crippen LogP contribution in [0.5, 0.6) is 0 Å². The number of hydrogen-bond donors (Lipinski definition) is 3. The zero-order valence-corrected chi connectivity index (χ0v) is 11.4. The Morgan fingerprint density at radius 3 is 2.85 bits per heavy atom. The number of aliphatic hydroxyl groups is 2. The minimum Gasteiger partial charge on any atom is -0.393 e. The first-order valence-corrected chi connectivity index (χ1v) is 6.42. The van der Waals surface area contributed by atoms with Gasteiger partial charge in [-0.1, -0.05) is 0 Å². The Morgan fingerprint density at radius 2 is 2.35 bits per heavy atom. The van der Waals surface area contributed by atoms with Crippen LogP contribution in [0.4, 0.5) is 10.2 Å². The Kier molecular flexibility index (Phi) is 4.01. The van der Waals surface area contributed by atoms with Crippen molar-refractivity contribution in [3.05, 3.63) is 22.2 Å². The molecule has 0 amide bonds. The molecule has 1 saturated heterocycles. The number of rotatable bonds is 3. The van der Waals surface area contributed by atoms with Crippen molar-refractivity contribution in [3.63, 3.8) is 0 Å². The quantitative estimate of drug-likeness (QED) is 0.639. The van der Waals surface area contributed by atoms with Crippen LogP contribution in [0.15, 0.2) is 11.0 Å². The molecular formula is C11H15ClFN3O4. The SMILES string of the molecule is Cc1cn([C@@H]2O[C@@](CO)(CCl)[C@@H](O)[C@H]2F)c(=O)nc1N. The molecule has 0 saturated carbocycles. The van der Waals surface area contributed by atoms with Crippen LogP contribution in [-0.2, 0) is 4.74 Å². The van der Waals surface area contributed by atoms with Gasteiger partial charge in [-0.2, -0.15) is 4.98 Å². The Labute approximate surface area is 118 Å². The van der Waals surface area contributed by atoms with Gasteiger partial charge in [-0.05, 0) is 6.92 Å². The second-order valence-electron chi connectivity index (χ2n) is 4.75. The third-order valence-electron chi connectivity index (χ3n) is 3.41. The lowest BCUT2D eigenvalue weighted by molar-refractivity contribution is -0.115. The van der Waals surface area contributed by atoms with E-state index in [1.807, 2.05) is 0 Å². The molecule has 0 aromatic carbocycles. The molecule has 0 bridgehead atoms. The maximum atomic E-state index is 14.2. The van der Waals surface area contributed by atoms with E-state index in [1.54, 1.807) is 6.92 Å². The maximum absolute atomic E-state index is 14.2. The van der Waals surface area contributed by atoms with Crippen molar-refractivity contribution in [1.29, 1.82) is 0 Å². The number of ether oxygens (including phenoxy) is 1. The molecule has 4 atom stereocenters. The van der Waals surface area contributed by atoms with Crippen LogP contribution in [0, 0.1) is 6.92 Å². The molecule has 9 heteroatoms.